The van der Waals surface area contributed by atoms with Crippen LogP contribution in [0.15, 0.2) is 29.3 Å². The van der Waals surface area contributed by atoms with E-state index in [-0.39, 0.29) is 5.91 Å². The number of nitrogens with one attached hydrogen (secondary N) is 1. The molecule has 1 amide bonds. The number of carbonyl (C=O) groups excluding carboxylic acids is 1. The van der Waals surface area contributed by atoms with Crippen LogP contribution in [0.3, 0.4) is 0 Å². The van der Waals surface area contributed by atoms with Crippen LogP contribution < -0.4 is 10.1 Å². The van der Waals surface area contributed by atoms with Crippen LogP contribution >= 0.6 is 0 Å². The second-order valence-corrected chi connectivity index (χ2v) is 6.33. The number of methoxy groups -OCH3 is 1. The van der Waals surface area contributed by atoms with Gasteiger partial charge in [-0.25, -0.2) is 0 Å². The molecule has 25 heavy (non-hydrogen) atoms. The van der Waals surface area contributed by atoms with Crippen LogP contribution in [-0.4, -0.2) is 69.1 Å². The van der Waals surface area contributed by atoms with E-state index in [9.17, 15) is 4.79 Å². The van der Waals surface area contributed by atoms with Gasteiger partial charge >= 0.3 is 0 Å². The highest BCUT2D eigenvalue weighted by Gasteiger charge is 2.21. The molecule has 0 saturated carbocycles. The van der Waals surface area contributed by atoms with E-state index in [1.54, 1.807) is 31.4 Å². The Morgan fingerprint density at radius 3 is 2.56 bits per heavy atom. The Morgan fingerprint density at radius 2 is 1.88 bits per heavy atom. The highest BCUT2D eigenvalue weighted by molar-refractivity contribution is 5.94. The predicted molar refractivity (Wildman–Crippen MR) is 101 cm³/mol. The molecule has 1 aromatic rings. The van der Waals surface area contributed by atoms with Crippen molar-refractivity contribution in [1.82, 2.24) is 15.1 Å². The third-order valence-electron chi connectivity index (χ3n) is 4.52. The van der Waals surface area contributed by atoms with Crippen LogP contribution in [0.2, 0.25) is 0 Å². The minimum Gasteiger partial charge on any atom is -0.497 e. The van der Waals surface area contributed by atoms with Crippen molar-refractivity contribution in [1.29, 1.82) is 0 Å². The molecule has 2 rings (SSSR count). The number of likely N-dealkylation sites (N-methyl/N-ethyl adjacent to an activating group) is 1. The van der Waals surface area contributed by atoms with Gasteiger partial charge in [0.25, 0.3) is 5.91 Å². The first kappa shape index (κ1) is 19.1. The molecule has 1 aromatic carbocycles. The number of aliphatic imine (C=N–C) groups is 1. The number of amides is 1. The van der Waals surface area contributed by atoms with Crippen LogP contribution in [0.1, 0.15) is 36.0 Å². The molecule has 0 aromatic heterocycles. The normalized spacial score (nSPS) is 15.7. The van der Waals surface area contributed by atoms with Crippen molar-refractivity contribution in [3.05, 3.63) is 29.8 Å². The first-order chi connectivity index (χ1) is 12.2. The molecule has 1 N–H and O–H groups in total. The molecular formula is C19H30N4O2. The SMILES string of the molecule is CN=C1N(C)CCN1CCCCCCNC(=O)c1ccc(OC)cc1. The van der Waals surface area contributed by atoms with E-state index in [4.69, 9.17) is 4.74 Å². The van der Waals surface area contributed by atoms with Crippen molar-refractivity contribution >= 4 is 11.9 Å². The summed E-state index contributed by atoms with van der Waals surface area (Å²) in [7, 11) is 5.57. The van der Waals surface area contributed by atoms with Gasteiger partial charge in [-0.2, -0.15) is 0 Å². The van der Waals surface area contributed by atoms with Crippen molar-refractivity contribution in [2.24, 2.45) is 4.99 Å². The van der Waals surface area contributed by atoms with Crippen LogP contribution in [0.25, 0.3) is 0 Å². The van der Waals surface area contributed by atoms with Gasteiger partial charge in [0, 0.05) is 45.8 Å². The second kappa shape index (κ2) is 9.91. The summed E-state index contributed by atoms with van der Waals surface area (Å²) in [6, 6.07) is 7.18. The molecule has 138 valence electrons. The largest absolute Gasteiger partial charge is 0.497 e. The zero-order chi connectivity index (χ0) is 18.1. The summed E-state index contributed by atoms with van der Waals surface area (Å²) < 4.78 is 5.10. The van der Waals surface area contributed by atoms with Gasteiger partial charge < -0.3 is 19.9 Å². The molecule has 0 radical (unpaired) electrons. The number of carbonyl (C=O) groups is 1. The van der Waals surface area contributed by atoms with Crippen molar-refractivity contribution in [2.45, 2.75) is 25.7 Å². The van der Waals surface area contributed by atoms with Crippen molar-refractivity contribution in [2.75, 3.05) is 47.4 Å². The Morgan fingerprint density at radius 1 is 1.16 bits per heavy atom. The maximum absolute atomic E-state index is 12.0. The fraction of sp³-hybridized carbons (Fsp3) is 0.579. The minimum absolute atomic E-state index is 0.0217. The lowest BCUT2D eigenvalue weighted by Gasteiger charge is -2.19. The smallest absolute Gasteiger partial charge is 0.251 e. The molecule has 0 bridgehead atoms. The van der Waals surface area contributed by atoms with Crippen molar-refractivity contribution in [3.63, 3.8) is 0 Å². The lowest BCUT2D eigenvalue weighted by molar-refractivity contribution is 0.0953. The molecule has 0 atom stereocenters. The van der Waals surface area contributed by atoms with Gasteiger partial charge in [-0.1, -0.05) is 12.8 Å². The lowest BCUT2D eigenvalue weighted by atomic mass is 10.1. The molecule has 0 unspecified atom stereocenters. The zero-order valence-electron chi connectivity index (χ0n) is 15.6. The molecular weight excluding hydrogens is 316 g/mol. The maximum Gasteiger partial charge on any atom is 0.251 e. The van der Waals surface area contributed by atoms with Crippen molar-refractivity contribution < 1.29 is 9.53 Å². The number of unbranched alkanes of at least 4 members (excludes halogenated alkanes) is 3. The third kappa shape index (κ3) is 5.66. The summed E-state index contributed by atoms with van der Waals surface area (Å²) >= 11 is 0. The lowest BCUT2D eigenvalue weighted by Crippen LogP contribution is -2.32. The summed E-state index contributed by atoms with van der Waals surface area (Å²) in [5, 5.41) is 2.97. The summed E-state index contributed by atoms with van der Waals surface area (Å²) in [6.07, 6.45) is 4.48. The highest BCUT2D eigenvalue weighted by Crippen LogP contribution is 2.11. The van der Waals surface area contributed by atoms with Gasteiger partial charge in [-0.15, -0.1) is 0 Å². The van der Waals surface area contributed by atoms with E-state index in [1.807, 2.05) is 7.05 Å². The van der Waals surface area contributed by atoms with Crippen LogP contribution in [-0.2, 0) is 0 Å². The number of hydrogen-bond acceptors (Lipinski definition) is 3. The van der Waals surface area contributed by atoms with Gasteiger partial charge in [-0.05, 0) is 37.1 Å². The standard InChI is InChI=1S/C19H30N4O2/c1-20-19-22(2)14-15-23(19)13-7-5-4-6-12-21-18(24)16-8-10-17(25-3)11-9-16/h8-11H,4-7,12-15H2,1-3H3,(H,21,24). The fourth-order valence-corrected chi connectivity index (χ4v) is 3.06. The van der Waals surface area contributed by atoms with Crippen molar-refractivity contribution in [3.8, 4) is 5.75 Å². The quantitative estimate of drug-likeness (QED) is 0.697. The van der Waals surface area contributed by atoms with Crippen LogP contribution in [0, 0.1) is 0 Å². The molecule has 1 aliphatic rings. The first-order valence-electron chi connectivity index (χ1n) is 9.01. The third-order valence-corrected chi connectivity index (χ3v) is 4.52. The Hall–Kier alpha value is -2.24. The molecule has 0 aliphatic carbocycles. The number of benzene rings is 1. The van der Waals surface area contributed by atoms with Gasteiger partial charge in [0.2, 0.25) is 0 Å². The monoisotopic (exact) mass is 346 g/mol. The summed E-state index contributed by atoms with van der Waals surface area (Å²) in [5.41, 5.74) is 0.672. The summed E-state index contributed by atoms with van der Waals surface area (Å²) in [6.45, 7) is 3.92. The first-order valence-corrected chi connectivity index (χ1v) is 9.01. The zero-order valence-corrected chi connectivity index (χ0v) is 15.6. The molecule has 6 nitrogen and oxygen atoms in total. The van der Waals surface area contributed by atoms with E-state index in [2.05, 4.69) is 27.2 Å². The maximum atomic E-state index is 12.0. The van der Waals surface area contributed by atoms with E-state index in [0.29, 0.717) is 5.56 Å². The fourth-order valence-electron chi connectivity index (χ4n) is 3.06. The van der Waals surface area contributed by atoms with E-state index < -0.39 is 0 Å². The highest BCUT2D eigenvalue weighted by atomic mass is 16.5. The predicted octanol–water partition coefficient (Wildman–Crippen LogP) is 2.22. The van der Waals surface area contributed by atoms with Gasteiger partial charge in [0.15, 0.2) is 5.96 Å². The number of guanidine groups is 1. The van der Waals surface area contributed by atoms with Crippen LogP contribution in [0.5, 0.6) is 5.75 Å². The summed E-state index contributed by atoms with van der Waals surface area (Å²) in [4.78, 5) is 20.9. The Bertz CT molecular complexity index is 571. The number of rotatable bonds is 9. The van der Waals surface area contributed by atoms with Gasteiger partial charge in [0.1, 0.15) is 5.75 Å². The minimum atomic E-state index is -0.0217. The number of nitrogens with zero attached hydrogens (tertiary/aromatic N) is 3. The Labute approximate surface area is 150 Å². The molecule has 1 fully saturated rings. The van der Waals surface area contributed by atoms with Gasteiger partial charge in [0.05, 0.1) is 7.11 Å². The molecule has 1 aliphatic heterocycles. The van der Waals surface area contributed by atoms with E-state index in [1.165, 1.54) is 12.8 Å². The average molecular weight is 346 g/mol. The second-order valence-electron chi connectivity index (χ2n) is 6.33. The van der Waals surface area contributed by atoms with Crippen LogP contribution in [0.4, 0.5) is 0 Å². The molecule has 6 heteroatoms. The number of ether oxygens (including phenoxy) is 1. The Balaban J connectivity index is 1.55. The van der Waals surface area contributed by atoms with Gasteiger partial charge in [-0.3, -0.25) is 9.79 Å². The molecule has 1 heterocycles. The topological polar surface area (TPSA) is 57.2 Å². The van der Waals surface area contributed by atoms with E-state index >= 15 is 0 Å². The average Bonchev–Trinajstić information content (AvgIpc) is 3.00. The molecule has 1 saturated heterocycles. The summed E-state index contributed by atoms with van der Waals surface area (Å²) in [5.74, 6) is 1.84. The number of hydrogen-bond donors (Lipinski definition) is 1. The van der Waals surface area contributed by atoms with E-state index in [0.717, 1.165) is 50.7 Å². The molecule has 0 spiro atoms. The Kier molecular flexibility index (Phi) is 7.57.